The summed E-state index contributed by atoms with van der Waals surface area (Å²) in [6, 6.07) is 8.05. The molecule has 0 bridgehead atoms. The lowest BCUT2D eigenvalue weighted by atomic mass is 10.2. The first-order valence-electron chi connectivity index (χ1n) is 6.91. The third-order valence-corrected chi connectivity index (χ3v) is 3.41. The van der Waals surface area contributed by atoms with Crippen LogP contribution < -0.4 is 14.8 Å². The van der Waals surface area contributed by atoms with Gasteiger partial charge in [0.15, 0.2) is 11.5 Å². The van der Waals surface area contributed by atoms with Crippen LogP contribution in [-0.2, 0) is 20.0 Å². The highest BCUT2D eigenvalue weighted by Crippen LogP contribution is 2.32. The van der Waals surface area contributed by atoms with E-state index in [1.807, 2.05) is 29.9 Å². The first-order chi connectivity index (χ1) is 9.76. The minimum atomic E-state index is 0.609. The van der Waals surface area contributed by atoms with Crippen molar-refractivity contribution >= 4 is 5.69 Å². The van der Waals surface area contributed by atoms with Crippen molar-refractivity contribution < 1.29 is 9.47 Å². The Bertz CT molecular complexity index is 607. The van der Waals surface area contributed by atoms with Crippen LogP contribution in [0.2, 0.25) is 0 Å². The van der Waals surface area contributed by atoms with Crippen LogP contribution in [0.1, 0.15) is 18.3 Å². The van der Waals surface area contributed by atoms with Crippen molar-refractivity contribution in [3.63, 3.8) is 0 Å². The average molecular weight is 273 g/mol. The van der Waals surface area contributed by atoms with Crippen LogP contribution >= 0.6 is 0 Å². The Morgan fingerprint density at radius 1 is 1.20 bits per heavy atom. The summed E-state index contributed by atoms with van der Waals surface area (Å²) < 4.78 is 13.0. The van der Waals surface area contributed by atoms with E-state index in [1.54, 1.807) is 0 Å². The minimum Gasteiger partial charge on any atom is -0.486 e. The number of hydrogen-bond acceptors (Lipinski definition) is 4. The van der Waals surface area contributed by atoms with Crippen LogP contribution in [0.5, 0.6) is 11.5 Å². The number of ether oxygens (including phenoxy) is 2. The summed E-state index contributed by atoms with van der Waals surface area (Å²) in [6.07, 6.45) is 0.956. The van der Waals surface area contributed by atoms with Gasteiger partial charge in [-0.05, 0) is 24.6 Å². The molecule has 0 saturated carbocycles. The molecule has 0 aliphatic carbocycles. The zero-order valence-corrected chi connectivity index (χ0v) is 11.8. The zero-order valence-electron chi connectivity index (χ0n) is 11.8. The molecule has 1 N–H and O–H groups in total. The Morgan fingerprint density at radius 2 is 2.00 bits per heavy atom. The fourth-order valence-electron chi connectivity index (χ4n) is 2.26. The zero-order chi connectivity index (χ0) is 13.9. The van der Waals surface area contributed by atoms with Gasteiger partial charge in [0.25, 0.3) is 0 Å². The highest BCUT2D eigenvalue weighted by molar-refractivity contribution is 5.55. The van der Waals surface area contributed by atoms with E-state index in [-0.39, 0.29) is 0 Å². The quantitative estimate of drug-likeness (QED) is 0.929. The van der Waals surface area contributed by atoms with Crippen molar-refractivity contribution in [1.82, 2.24) is 9.78 Å². The summed E-state index contributed by atoms with van der Waals surface area (Å²) in [5.74, 6) is 1.62. The van der Waals surface area contributed by atoms with Crippen molar-refractivity contribution in [2.75, 3.05) is 18.5 Å². The molecule has 20 heavy (non-hydrogen) atoms. The molecule has 0 saturated heterocycles. The molecule has 5 nitrogen and oxygen atoms in total. The minimum absolute atomic E-state index is 0.609. The van der Waals surface area contributed by atoms with E-state index < -0.39 is 0 Å². The number of rotatable bonds is 4. The molecule has 0 fully saturated rings. The summed E-state index contributed by atoms with van der Waals surface area (Å²) in [6.45, 7) is 4.08. The molecule has 0 atom stereocenters. The maximum atomic E-state index is 5.58. The normalized spacial score (nSPS) is 13.3. The average Bonchev–Trinajstić information content (AvgIpc) is 2.85. The van der Waals surface area contributed by atoms with Crippen LogP contribution in [0, 0.1) is 0 Å². The van der Waals surface area contributed by atoms with E-state index in [4.69, 9.17) is 9.47 Å². The predicted octanol–water partition coefficient (Wildman–Crippen LogP) is 2.37. The summed E-state index contributed by atoms with van der Waals surface area (Å²) >= 11 is 0. The third kappa shape index (κ3) is 2.57. The number of aromatic nitrogens is 2. The van der Waals surface area contributed by atoms with Crippen LogP contribution in [0.25, 0.3) is 0 Å². The Labute approximate surface area is 118 Å². The molecule has 106 valence electrons. The third-order valence-electron chi connectivity index (χ3n) is 3.41. The van der Waals surface area contributed by atoms with Gasteiger partial charge in [-0.3, -0.25) is 4.68 Å². The van der Waals surface area contributed by atoms with Crippen molar-refractivity contribution in [1.29, 1.82) is 0 Å². The molecular weight excluding hydrogens is 254 g/mol. The maximum Gasteiger partial charge on any atom is 0.163 e. The molecule has 0 amide bonds. The molecule has 0 spiro atoms. The first kappa shape index (κ1) is 12.8. The largest absolute Gasteiger partial charge is 0.486 e. The van der Waals surface area contributed by atoms with E-state index in [0.29, 0.717) is 13.2 Å². The Kier molecular flexibility index (Phi) is 3.50. The Hall–Kier alpha value is -2.17. The summed E-state index contributed by atoms with van der Waals surface area (Å²) in [5.41, 5.74) is 3.30. The van der Waals surface area contributed by atoms with Gasteiger partial charge in [0.05, 0.1) is 17.9 Å². The Morgan fingerprint density at radius 3 is 2.75 bits per heavy atom. The second-order valence-electron chi connectivity index (χ2n) is 4.82. The SMILES string of the molecule is CCc1cc(CNc2ccc3c(c2)OCCO3)n(C)n1. The highest BCUT2D eigenvalue weighted by atomic mass is 16.6. The van der Waals surface area contributed by atoms with Gasteiger partial charge < -0.3 is 14.8 Å². The van der Waals surface area contributed by atoms with Crippen molar-refractivity contribution in [2.24, 2.45) is 7.05 Å². The topological polar surface area (TPSA) is 48.3 Å². The van der Waals surface area contributed by atoms with Gasteiger partial charge in [-0.15, -0.1) is 0 Å². The van der Waals surface area contributed by atoms with Gasteiger partial charge in [0, 0.05) is 18.8 Å². The molecule has 2 heterocycles. The predicted molar refractivity (Wildman–Crippen MR) is 77.3 cm³/mol. The lowest BCUT2D eigenvalue weighted by molar-refractivity contribution is 0.171. The monoisotopic (exact) mass is 273 g/mol. The van der Waals surface area contributed by atoms with Gasteiger partial charge in [-0.25, -0.2) is 0 Å². The molecule has 0 unspecified atom stereocenters. The fraction of sp³-hybridized carbons (Fsp3) is 0.400. The smallest absolute Gasteiger partial charge is 0.163 e. The molecule has 1 aliphatic rings. The molecule has 2 aromatic rings. The van der Waals surface area contributed by atoms with Gasteiger partial charge >= 0.3 is 0 Å². The number of aryl methyl sites for hydroxylation is 2. The molecule has 5 heteroatoms. The molecule has 1 aromatic heterocycles. The van der Waals surface area contributed by atoms with Gasteiger partial charge in [0.1, 0.15) is 13.2 Å². The van der Waals surface area contributed by atoms with Crippen LogP contribution in [0.3, 0.4) is 0 Å². The van der Waals surface area contributed by atoms with Crippen molar-refractivity contribution in [2.45, 2.75) is 19.9 Å². The maximum absolute atomic E-state index is 5.58. The fourth-order valence-corrected chi connectivity index (χ4v) is 2.26. The van der Waals surface area contributed by atoms with Crippen LogP contribution in [0.15, 0.2) is 24.3 Å². The summed E-state index contributed by atoms with van der Waals surface area (Å²) in [4.78, 5) is 0. The van der Waals surface area contributed by atoms with E-state index in [1.165, 1.54) is 0 Å². The van der Waals surface area contributed by atoms with E-state index in [9.17, 15) is 0 Å². The summed E-state index contributed by atoms with van der Waals surface area (Å²) in [7, 11) is 1.97. The van der Waals surface area contributed by atoms with E-state index in [2.05, 4.69) is 23.4 Å². The molecule has 1 aromatic carbocycles. The van der Waals surface area contributed by atoms with E-state index >= 15 is 0 Å². The first-order valence-corrected chi connectivity index (χ1v) is 6.91. The van der Waals surface area contributed by atoms with Gasteiger partial charge in [-0.2, -0.15) is 5.10 Å². The molecule has 0 radical (unpaired) electrons. The number of nitrogens with one attached hydrogen (secondary N) is 1. The molecule has 1 aliphatic heterocycles. The lowest BCUT2D eigenvalue weighted by Gasteiger charge is -2.19. The lowest BCUT2D eigenvalue weighted by Crippen LogP contribution is -2.15. The highest BCUT2D eigenvalue weighted by Gasteiger charge is 2.11. The number of anilines is 1. The number of fused-ring (bicyclic) bond motifs is 1. The number of nitrogens with zero attached hydrogens (tertiary/aromatic N) is 2. The second-order valence-corrected chi connectivity index (χ2v) is 4.82. The molecular formula is C15H19N3O2. The summed E-state index contributed by atoms with van der Waals surface area (Å²) in [5, 5.41) is 7.84. The molecule has 3 rings (SSSR count). The van der Waals surface area contributed by atoms with Gasteiger partial charge in [-0.1, -0.05) is 6.92 Å². The van der Waals surface area contributed by atoms with Crippen molar-refractivity contribution in [3.8, 4) is 11.5 Å². The number of hydrogen-bond donors (Lipinski definition) is 1. The Balaban J connectivity index is 1.70. The number of benzene rings is 1. The van der Waals surface area contributed by atoms with Crippen LogP contribution in [0.4, 0.5) is 5.69 Å². The van der Waals surface area contributed by atoms with Crippen LogP contribution in [-0.4, -0.2) is 23.0 Å². The van der Waals surface area contributed by atoms with Gasteiger partial charge in [0.2, 0.25) is 0 Å². The standard InChI is InChI=1S/C15H19N3O2/c1-3-11-8-13(18(2)17-11)10-16-12-4-5-14-15(9-12)20-7-6-19-14/h4-5,8-9,16H,3,6-7,10H2,1-2H3. The second kappa shape index (κ2) is 5.45. The van der Waals surface area contributed by atoms with Crippen molar-refractivity contribution in [3.05, 3.63) is 35.7 Å². The van der Waals surface area contributed by atoms with E-state index in [0.717, 1.165) is 41.5 Å².